The molecule has 0 bridgehead atoms. The summed E-state index contributed by atoms with van der Waals surface area (Å²) in [6.45, 7) is 0.742. The van der Waals surface area contributed by atoms with Gasteiger partial charge in [0.05, 0.1) is 0 Å². The first kappa shape index (κ1) is 9.98. The van der Waals surface area contributed by atoms with Gasteiger partial charge in [0.25, 0.3) is 0 Å². The fourth-order valence-corrected chi connectivity index (χ4v) is 1.15. The summed E-state index contributed by atoms with van der Waals surface area (Å²) in [6, 6.07) is 4.81. The molecule has 0 heterocycles. The molecular weight excluding hydrogens is 166 g/mol. The Bertz CT molecular complexity index is 288. The monoisotopic (exact) mass is 181 g/mol. The molecule has 0 aromatic heterocycles. The zero-order valence-electron chi connectivity index (χ0n) is 7.40. The lowest BCUT2D eigenvalue weighted by Gasteiger charge is -2.12. The largest absolute Gasteiger partial charge is 0.508 e. The summed E-state index contributed by atoms with van der Waals surface area (Å²) in [5.41, 5.74) is 18.1. The number of phenolic OH excluding ortho intramolecular Hbond substituents is 1. The molecule has 1 aromatic carbocycles. The van der Waals surface area contributed by atoms with Crippen LogP contribution in [0.25, 0.3) is 0 Å². The van der Waals surface area contributed by atoms with Crippen molar-refractivity contribution in [2.45, 2.75) is 12.6 Å². The predicted molar refractivity (Wildman–Crippen MR) is 52.0 cm³/mol. The van der Waals surface area contributed by atoms with E-state index in [0.29, 0.717) is 18.7 Å². The van der Waals surface area contributed by atoms with E-state index >= 15 is 0 Å². The van der Waals surface area contributed by atoms with E-state index in [-0.39, 0.29) is 11.8 Å². The molecule has 0 saturated carbocycles. The molecule has 0 fully saturated rings. The number of rotatable bonds is 3. The minimum atomic E-state index is -0.327. The fraction of sp³-hybridized carbons (Fsp3) is 0.333. The van der Waals surface area contributed by atoms with E-state index in [1.54, 1.807) is 18.2 Å². The maximum Gasteiger partial charge on any atom is 0.120 e. The maximum absolute atomic E-state index is 9.46. The average molecular weight is 181 g/mol. The third-order valence-electron chi connectivity index (χ3n) is 1.98. The van der Waals surface area contributed by atoms with Crippen LogP contribution in [0.4, 0.5) is 0 Å². The Balaban J connectivity index is 3.03. The molecule has 0 aliphatic rings. The van der Waals surface area contributed by atoms with Crippen molar-refractivity contribution < 1.29 is 5.11 Å². The molecule has 0 spiro atoms. The summed E-state index contributed by atoms with van der Waals surface area (Å²) in [5, 5.41) is 9.46. The number of hydrogen-bond donors (Lipinski definition) is 4. The van der Waals surface area contributed by atoms with Crippen LogP contribution in [0.15, 0.2) is 18.2 Å². The second-order valence-electron chi connectivity index (χ2n) is 2.94. The Morgan fingerprint density at radius 3 is 2.54 bits per heavy atom. The van der Waals surface area contributed by atoms with Crippen LogP contribution in [0.3, 0.4) is 0 Å². The highest BCUT2D eigenvalue weighted by Crippen LogP contribution is 2.23. The number of phenols is 1. The zero-order valence-corrected chi connectivity index (χ0v) is 7.40. The van der Waals surface area contributed by atoms with Crippen LogP contribution in [0.1, 0.15) is 17.2 Å². The smallest absolute Gasteiger partial charge is 0.120 e. The van der Waals surface area contributed by atoms with Crippen molar-refractivity contribution >= 4 is 0 Å². The molecule has 4 nitrogen and oxygen atoms in total. The Morgan fingerprint density at radius 1 is 1.31 bits per heavy atom. The second kappa shape index (κ2) is 4.23. The van der Waals surface area contributed by atoms with Crippen LogP contribution in [0.5, 0.6) is 5.75 Å². The lowest BCUT2D eigenvalue weighted by molar-refractivity contribution is 0.461. The quantitative estimate of drug-likeness (QED) is 0.519. The van der Waals surface area contributed by atoms with E-state index in [9.17, 15) is 5.11 Å². The predicted octanol–water partition coefficient (Wildman–Crippen LogP) is -0.191. The molecule has 0 radical (unpaired) electrons. The Kier molecular flexibility index (Phi) is 3.25. The summed E-state index contributed by atoms with van der Waals surface area (Å²) in [4.78, 5) is 0. The van der Waals surface area contributed by atoms with Gasteiger partial charge in [0.2, 0.25) is 0 Å². The van der Waals surface area contributed by atoms with Crippen LogP contribution in [0.2, 0.25) is 0 Å². The van der Waals surface area contributed by atoms with Crippen LogP contribution < -0.4 is 17.2 Å². The summed E-state index contributed by atoms with van der Waals surface area (Å²) >= 11 is 0. The highest BCUT2D eigenvalue weighted by Gasteiger charge is 2.09. The molecular formula is C9H15N3O. The van der Waals surface area contributed by atoms with E-state index in [0.717, 1.165) is 5.56 Å². The van der Waals surface area contributed by atoms with Gasteiger partial charge in [0, 0.05) is 24.7 Å². The standard InChI is InChI=1S/C9H15N3O/c10-4-6-1-2-9(13)7(3-6)8(12)5-11/h1-3,8,13H,4-5,10-12H2. The topological polar surface area (TPSA) is 98.3 Å². The molecule has 0 aliphatic heterocycles. The molecule has 72 valence electrons. The lowest BCUT2D eigenvalue weighted by atomic mass is 10.0. The normalized spacial score (nSPS) is 12.8. The maximum atomic E-state index is 9.46. The van der Waals surface area contributed by atoms with Gasteiger partial charge in [-0.15, -0.1) is 0 Å². The van der Waals surface area contributed by atoms with E-state index < -0.39 is 0 Å². The molecule has 1 unspecified atom stereocenters. The van der Waals surface area contributed by atoms with E-state index in [2.05, 4.69) is 0 Å². The van der Waals surface area contributed by atoms with Gasteiger partial charge in [-0.2, -0.15) is 0 Å². The number of hydrogen-bond acceptors (Lipinski definition) is 4. The Hall–Kier alpha value is -1.10. The number of nitrogens with two attached hydrogens (primary N) is 3. The van der Waals surface area contributed by atoms with Crippen LogP contribution >= 0.6 is 0 Å². The minimum absolute atomic E-state index is 0.176. The zero-order chi connectivity index (χ0) is 9.84. The van der Waals surface area contributed by atoms with Crippen LogP contribution in [-0.4, -0.2) is 11.7 Å². The van der Waals surface area contributed by atoms with Crippen molar-refractivity contribution in [2.75, 3.05) is 6.54 Å². The summed E-state index contributed by atoms with van der Waals surface area (Å²) in [6.07, 6.45) is 0. The molecule has 1 rings (SSSR count). The van der Waals surface area contributed by atoms with Crippen molar-refractivity contribution in [3.8, 4) is 5.75 Å². The molecule has 0 saturated heterocycles. The van der Waals surface area contributed by atoms with Gasteiger partial charge in [-0.3, -0.25) is 0 Å². The van der Waals surface area contributed by atoms with Crippen LogP contribution in [-0.2, 0) is 6.54 Å². The molecule has 1 aromatic rings. The minimum Gasteiger partial charge on any atom is -0.508 e. The summed E-state index contributed by atoms with van der Waals surface area (Å²) < 4.78 is 0. The highest BCUT2D eigenvalue weighted by molar-refractivity contribution is 5.38. The van der Waals surface area contributed by atoms with E-state index in [1.807, 2.05) is 0 Å². The third-order valence-corrected chi connectivity index (χ3v) is 1.98. The van der Waals surface area contributed by atoms with Gasteiger partial charge < -0.3 is 22.3 Å². The molecule has 7 N–H and O–H groups in total. The van der Waals surface area contributed by atoms with Gasteiger partial charge >= 0.3 is 0 Å². The summed E-state index contributed by atoms with van der Waals surface area (Å²) in [7, 11) is 0. The van der Waals surface area contributed by atoms with Crippen molar-refractivity contribution in [3.05, 3.63) is 29.3 Å². The molecule has 0 aliphatic carbocycles. The van der Waals surface area contributed by atoms with Gasteiger partial charge in [0.1, 0.15) is 5.75 Å². The van der Waals surface area contributed by atoms with Crippen molar-refractivity contribution in [1.29, 1.82) is 0 Å². The van der Waals surface area contributed by atoms with Crippen molar-refractivity contribution in [3.63, 3.8) is 0 Å². The van der Waals surface area contributed by atoms with Gasteiger partial charge in [-0.05, 0) is 17.7 Å². The van der Waals surface area contributed by atoms with Gasteiger partial charge in [0.15, 0.2) is 0 Å². The first-order valence-corrected chi connectivity index (χ1v) is 4.16. The fourth-order valence-electron chi connectivity index (χ4n) is 1.15. The van der Waals surface area contributed by atoms with Crippen molar-refractivity contribution in [2.24, 2.45) is 17.2 Å². The highest BCUT2D eigenvalue weighted by atomic mass is 16.3. The molecule has 13 heavy (non-hydrogen) atoms. The number of aromatic hydroxyl groups is 1. The lowest BCUT2D eigenvalue weighted by Crippen LogP contribution is -2.21. The number of benzene rings is 1. The Morgan fingerprint density at radius 2 is 2.00 bits per heavy atom. The summed E-state index contributed by atoms with van der Waals surface area (Å²) in [5.74, 6) is 0.176. The SMILES string of the molecule is NCc1ccc(O)c(C(N)CN)c1. The third kappa shape index (κ3) is 2.18. The van der Waals surface area contributed by atoms with Crippen LogP contribution in [0, 0.1) is 0 Å². The first-order chi connectivity index (χ1) is 6.19. The Labute approximate surface area is 77.3 Å². The van der Waals surface area contributed by atoms with Crippen molar-refractivity contribution in [1.82, 2.24) is 0 Å². The molecule has 4 heteroatoms. The molecule has 1 atom stereocenters. The first-order valence-electron chi connectivity index (χ1n) is 4.16. The molecule has 0 amide bonds. The second-order valence-corrected chi connectivity index (χ2v) is 2.94. The van der Waals surface area contributed by atoms with Gasteiger partial charge in [-0.25, -0.2) is 0 Å². The average Bonchev–Trinajstić information content (AvgIpc) is 2.17. The van der Waals surface area contributed by atoms with E-state index in [4.69, 9.17) is 17.2 Å². The van der Waals surface area contributed by atoms with Gasteiger partial charge in [-0.1, -0.05) is 6.07 Å². The van der Waals surface area contributed by atoms with E-state index in [1.165, 1.54) is 0 Å².